The molecule has 0 saturated carbocycles. The SMILES string of the molecule is C[C@@H](c1ccc(F)cc1)N(C)Cc1nc(-c2ccc(Cl)cc2)no1. The second-order valence-electron chi connectivity index (χ2n) is 5.66. The molecule has 0 spiro atoms. The third-order valence-electron chi connectivity index (χ3n) is 3.97. The van der Waals surface area contributed by atoms with Crippen LogP contribution in [0.3, 0.4) is 0 Å². The minimum atomic E-state index is -0.238. The van der Waals surface area contributed by atoms with E-state index in [2.05, 4.69) is 15.0 Å². The van der Waals surface area contributed by atoms with Gasteiger partial charge in [-0.25, -0.2) is 4.39 Å². The van der Waals surface area contributed by atoms with Crippen LogP contribution in [-0.4, -0.2) is 22.1 Å². The number of nitrogens with zero attached hydrogens (tertiary/aromatic N) is 3. The number of aromatic nitrogens is 2. The predicted molar refractivity (Wildman–Crippen MR) is 91.0 cm³/mol. The summed E-state index contributed by atoms with van der Waals surface area (Å²) in [7, 11) is 1.96. The van der Waals surface area contributed by atoms with Crippen LogP contribution in [0.1, 0.15) is 24.4 Å². The van der Waals surface area contributed by atoms with E-state index >= 15 is 0 Å². The Balaban J connectivity index is 1.69. The summed E-state index contributed by atoms with van der Waals surface area (Å²) in [5.74, 6) is 0.819. The van der Waals surface area contributed by atoms with E-state index in [0.29, 0.717) is 23.3 Å². The lowest BCUT2D eigenvalue weighted by molar-refractivity contribution is 0.216. The maximum atomic E-state index is 13.0. The smallest absolute Gasteiger partial charge is 0.241 e. The van der Waals surface area contributed by atoms with Crippen LogP contribution in [0.5, 0.6) is 0 Å². The van der Waals surface area contributed by atoms with Gasteiger partial charge in [0.1, 0.15) is 5.82 Å². The molecule has 4 nitrogen and oxygen atoms in total. The van der Waals surface area contributed by atoms with Gasteiger partial charge in [-0.3, -0.25) is 4.90 Å². The molecule has 124 valence electrons. The third kappa shape index (κ3) is 3.80. The first-order valence-electron chi connectivity index (χ1n) is 7.57. The Hall–Kier alpha value is -2.24. The average Bonchev–Trinajstić information content (AvgIpc) is 3.04. The van der Waals surface area contributed by atoms with Crippen LogP contribution in [0.2, 0.25) is 5.02 Å². The highest BCUT2D eigenvalue weighted by Crippen LogP contribution is 2.22. The van der Waals surface area contributed by atoms with Gasteiger partial charge in [-0.1, -0.05) is 28.9 Å². The first-order valence-corrected chi connectivity index (χ1v) is 7.95. The standard InChI is InChI=1S/C18H17ClFN3O/c1-12(13-5-9-16(20)10-6-13)23(2)11-17-21-18(22-24-17)14-3-7-15(19)8-4-14/h3-10,12H,11H2,1-2H3/t12-/m0/s1. The summed E-state index contributed by atoms with van der Waals surface area (Å²) < 4.78 is 18.4. The molecule has 0 aliphatic rings. The first-order chi connectivity index (χ1) is 11.5. The molecule has 1 heterocycles. The Kier molecular flexibility index (Phi) is 4.92. The number of benzene rings is 2. The summed E-state index contributed by atoms with van der Waals surface area (Å²) in [5.41, 5.74) is 1.87. The van der Waals surface area contributed by atoms with E-state index < -0.39 is 0 Å². The van der Waals surface area contributed by atoms with Crippen LogP contribution in [0.25, 0.3) is 11.4 Å². The van der Waals surface area contributed by atoms with Gasteiger partial charge >= 0.3 is 0 Å². The molecule has 1 aromatic heterocycles. The van der Waals surface area contributed by atoms with Crippen LogP contribution in [0.4, 0.5) is 4.39 Å². The monoisotopic (exact) mass is 345 g/mol. The number of rotatable bonds is 5. The molecule has 0 bridgehead atoms. The topological polar surface area (TPSA) is 42.2 Å². The van der Waals surface area contributed by atoms with Gasteiger partial charge < -0.3 is 4.52 Å². The highest BCUT2D eigenvalue weighted by molar-refractivity contribution is 6.30. The fourth-order valence-corrected chi connectivity index (χ4v) is 2.51. The van der Waals surface area contributed by atoms with E-state index in [1.54, 1.807) is 24.3 Å². The zero-order valence-electron chi connectivity index (χ0n) is 13.4. The van der Waals surface area contributed by atoms with Gasteiger partial charge in [0.15, 0.2) is 0 Å². The molecule has 0 radical (unpaired) electrons. The van der Waals surface area contributed by atoms with Crippen molar-refractivity contribution in [3.8, 4) is 11.4 Å². The van der Waals surface area contributed by atoms with Crippen molar-refractivity contribution in [2.45, 2.75) is 19.5 Å². The summed E-state index contributed by atoms with van der Waals surface area (Å²) in [6.45, 7) is 2.54. The Morgan fingerprint density at radius 2 is 1.79 bits per heavy atom. The van der Waals surface area contributed by atoms with Crippen molar-refractivity contribution in [3.63, 3.8) is 0 Å². The van der Waals surface area contributed by atoms with Gasteiger partial charge in [-0.05, 0) is 55.9 Å². The highest BCUT2D eigenvalue weighted by atomic mass is 35.5. The molecule has 6 heteroatoms. The molecule has 0 saturated heterocycles. The second-order valence-corrected chi connectivity index (χ2v) is 6.10. The largest absolute Gasteiger partial charge is 0.338 e. The van der Waals surface area contributed by atoms with E-state index in [1.807, 2.05) is 26.1 Å². The minimum Gasteiger partial charge on any atom is -0.338 e. The lowest BCUT2D eigenvalue weighted by Crippen LogP contribution is -2.22. The number of hydrogen-bond donors (Lipinski definition) is 0. The Morgan fingerprint density at radius 1 is 1.12 bits per heavy atom. The van der Waals surface area contributed by atoms with Crippen LogP contribution in [0.15, 0.2) is 53.1 Å². The fourth-order valence-electron chi connectivity index (χ4n) is 2.38. The van der Waals surface area contributed by atoms with E-state index in [4.69, 9.17) is 16.1 Å². The van der Waals surface area contributed by atoms with Crippen molar-refractivity contribution in [2.24, 2.45) is 0 Å². The second kappa shape index (κ2) is 7.11. The molecule has 0 amide bonds. The number of hydrogen-bond acceptors (Lipinski definition) is 4. The third-order valence-corrected chi connectivity index (χ3v) is 4.22. The van der Waals surface area contributed by atoms with Crippen molar-refractivity contribution in [1.29, 1.82) is 0 Å². The van der Waals surface area contributed by atoms with E-state index in [-0.39, 0.29) is 11.9 Å². The minimum absolute atomic E-state index is 0.0940. The molecule has 1 atom stereocenters. The summed E-state index contributed by atoms with van der Waals surface area (Å²) >= 11 is 5.88. The Bertz CT molecular complexity index is 802. The average molecular weight is 346 g/mol. The van der Waals surface area contributed by atoms with Gasteiger partial charge in [0.05, 0.1) is 6.54 Å². The van der Waals surface area contributed by atoms with Crippen molar-refractivity contribution in [2.75, 3.05) is 7.05 Å². The molecule has 0 N–H and O–H groups in total. The van der Waals surface area contributed by atoms with E-state index in [1.165, 1.54) is 12.1 Å². The molecule has 3 aromatic rings. The van der Waals surface area contributed by atoms with Crippen molar-refractivity contribution >= 4 is 11.6 Å². The summed E-state index contributed by atoms with van der Waals surface area (Å²) in [6.07, 6.45) is 0. The summed E-state index contributed by atoms with van der Waals surface area (Å²) in [5, 5.41) is 4.67. The van der Waals surface area contributed by atoms with Crippen molar-refractivity contribution in [1.82, 2.24) is 15.0 Å². The summed E-state index contributed by atoms with van der Waals surface area (Å²) in [4.78, 5) is 6.48. The van der Waals surface area contributed by atoms with Crippen LogP contribution >= 0.6 is 11.6 Å². The highest BCUT2D eigenvalue weighted by Gasteiger charge is 2.16. The van der Waals surface area contributed by atoms with E-state index in [9.17, 15) is 4.39 Å². The van der Waals surface area contributed by atoms with E-state index in [0.717, 1.165) is 11.1 Å². The van der Waals surface area contributed by atoms with Gasteiger partial charge in [0.2, 0.25) is 11.7 Å². The molecule has 0 unspecified atom stereocenters. The molecule has 3 rings (SSSR count). The lowest BCUT2D eigenvalue weighted by atomic mass is 10.1. The first kappa shape index (κ1) is 16.6. The Labute approximate surface area is 144 Å². The fraction of sp³-hybridized carbons (Fsp3) is 0.222. The molecule has 2 aromatic carbocycles. The van der Waals surface area contributed by atoms with Crippen molar-refractivity contribution in [3.05, 3.63) is 70.8 Å². The van der Waals surface area contributed by atoms with Crippen molar-refractivity contribution < 1.29 is 8.91 Å². The maximum absolute atomic E-state index is 13.0. The molecular formula is C18H17ClFN3O. The van der Waals surface area contributed by atoms with Gasteiger partial charge in [-0.2, -0.15) is 4.98 Å². The maximum Gasteiger partial charge on any atom is 0.241 e. The van der Waals surface area contributed by atoms with Gasteiger partial charge in [0, 0.05) is 16.6 Å². The summed E-state index contributed by atoms with van der Waals surface area (Å²) in [6, 6.07) is 13.9. The normalized spacial score (nSPS) is 12.5. The molecule has 0 aliphatic heterocycles. The number of halogens is 2. The predicted octanol–water partition coefficient (Wildman–Crippen LogP) is 4.72. The van der Waals surface area contributed by atoms with Crippen LogP contribution < -0.4 is 0 Å². The van der Waals surface area contributed by atoms with Gasteiger partial charge in [0.25, 0.3) is 0 Å². The van der Waals surface area contributed by atoms with Crippen LogP contribution in [-0.2, 0) is 6.54 Å². The van der Waals surface area contributed by atoms with Gasteiger partial charge in [-0.15, -0.1) is 0 Å². The molecular weight excluding hydrogens is 329 g/mol. The molecule has 0 fully saturated rings. The lowest BCUT2D eigenvalue weighted by Gasteiger charge is -2.23. The molecule has 24 heavy (non-hydrogen) atoms. The zero-order valence-corrected chi connectivity index (χ0v) is 14.2. The zero-order chi connectivity index (χ0) is 17.1. The molecule has 0 aliphatic carbocycles. The Morgan fingerprint density at radius 3 is 2.46 bits per heavy atom. The quantitative estimate of drug-likeness (QED) is 0.671. The van der Waals surface area contributed by atoms with Crippen LogP contribution in [0, 0.1) is 5.82 Å².